The van der Waals surface area contributed by atoms with Gasteiger partial charge in [0.25, 0.3) is 11.8 Å². The van der Waals surface area contributed by atoms with Crippen LogP contribution in [-0.4, -0.2) is 31.7 Å². The highest BCUT2D eigenvalue weighted by Crippen LogP contribution is 2.14. The number of benzene rings is 2. The summed E-state index contributed by atoms with van der Waals surface area (Å²) >= 11 is 0. The first kappa shape index (κ1) is 19.2. The van der Waals surface area contributed by atoms with Crippen molar-refractivity contribution < 1.29 is 14.3 Å². The average Bonchev–Trinajstić information content (AvgIpc) is 2.66. The van der Waals surface area contributed by atoms with Gasteiger partial charge in [-0.25, -0.2) is 5.43 Å². The lowest BCUT2D eigenvalue weighted by Gasteiger charge is -2.06. The van der Waals surface area contributed by atoms with Gasteiger partial charge in [0.05, 0.1) is 19.9 Å². The zero-order valence-corrected chi connectivity index (χ0v) is 15.2. The fraction of sp³-hybridized carbons (Fsp3) is 0.250. The highest BCUT2D eigenvalue weighted by molar-refractivity contribution is 5.96. The van der Waals surface area contributed by atoms with Gasteiger partial charge < -0.3 is 10.1 Å². The van der Waals surface area contributed by atoms with Gasteiger partial charge in [0.2, 0.25) is 0 Å². The number of hydrogen-bond acceptors (Lipinski definition) is 4. The zero-order chi connectivity index (χ0) is 18.9. The van der Waals surface area contributed by atoms with Crippen molar-refractivity contribution in [2.24, 2.45) is 5.10 Å². The van der Waals surface area contributed by atoms with Crippen LogP contribution in [0, 0.1) is 0 Å². The van der Waals surface area contributed by atoms with E-state index in [1.807, 2.05) is 24.3 Å². The molecule has 0 saturated carbocycles. The fourth-order valence-corrected chi connectivity index (χ4v) is 2.19. The molecule has 0 aliphatic heterocycles. The van der Waals surface area contributed by atoms with Crippen molar-refractivity contribution in [2.75, 3.05) is 13.7 Å². The van der Waals surface area contributed by atoms with E-state index in [-0.39, 0.29) is 12.5 Å². The topological polar surface area (TPSA) is 79.8 Å². The predicted molar refractivity (Wildman–Crippen MR) is 102 cm³/mol. The molecule has 26 heavy (non-hydrogen) atoms. The predicted octanol–water partition coefficient (Wildman–Crippen LogP) is 2.70. The van der Waals surface area contributed by atoms with Gasteiger partial charge >= 0.3 is 0 Å². The monoisotopic (exact) mass is 353 g/mol. The summed E-state index contributed by atoms with van der Waals surface area (Å²) < 4.78 is 5.03. The Labute approximate surface area is 153 Å². The Kier molecular flexibility index (Phi) is 6.91. The molecule has 0 aliphatic carbocycles. The Balaban J connectivity index is 1.78. The molecule has 136 valence electrons. The Morgan fingerprint density at radius 1 is 1.08 bits per heavy atom. The van der Waals surface area contributed by atoms with Gasteiger partial charge in [0.15, 0.2) is 0 Å². The summed E-state index contributed by atoms with van der Waals surface area (Å²) in [6, 6.07) is 14.6. The largest absolute Gasteiger partial charge is 0.497 e. The SMILES string of the molecule is COc1ccc(C(=O)NCC(=O)N/N=C\c2ccc(C(C)C)cc2)cc1. The molecular weight excluding hydrogens is 330 g/mol. The lowest BCUT2D eigenvalue weighted by molar-refractivity contribution is -0.120. The van der Waals surface area contributed by atoms with E-state index < -0.39 is 5.91 Å². The lowest BCUT2D eigenvalue weighted by Crippen LogP contribution is -2.34. The number of nitrogens with one attached hydrogen (secondary N) is 2. The quantitative estimate of drug-likeness (QED) is 0.593. The molecule has 0 saturated heterocycles. The van der Waals surface area contributed by atoms with Crippen LogP contribution in [0.5, 0.6) is 5.75 Å². The standard InChI is InChI=1S/C20H23N3O3/c1-14(2)16-6-4-15(5-7-16)12-22-23-19(24)13-21-20(25)17-8-10-18(26-3)11-9-17/h4-12,14H,13H2,1-3H3,(H,21,25)(H,23,24)/b22-12-. The first-order valence-electron chi connectivity index (χ1n) is 8.33. The van der Waals surface area contributed by atoms with Crippen LogP contribution in [0.1, 0.15) is 41.3 Å². The van der Waals surface area contributed by atoms with Crippen molar-refractivity contribution in [1.29, 1.82) is 0 Å². The first-order valence-corrected chi connectivity index (χ1v) is 8.33. The molecular formula is C20H23N3O3. The fourth-order valence-electron chi connectivity index (χ4n) is 2.19. The number of methoxy groups -OCH3 is 1. The number of carbonyl (C=O) groups is 2. The maximum atomic E-state index is 12.0. The molecule has 2 amide bonds. The molecule has 0 atom stereocenters. The maximum absolute atomic E-state index is 12.0. The van der Waals surface area contributed by atoms with E-state index in [1.165, 1.54) is 5.56 Å². The number of carbonyl (C=O) groups excluding carboxylic acids is 2. The minimum Gasteiger partial charge on any atom is -0.497 e. The second-order valence-corrected chi connectivity index (χ2v) is 6.03. The Bertz CT molecular complexity index is 766. The molecule has 0 bridgehead atoms. The van der Waals surface area contributed by atoms with Crippen molar-refractivity contribution in [2.45, 2.75) is 19.8 Å². The van der Waals surface area contributed by atoms with Crippen molar-refractivity contribution in [3.05, 3.63) is 65.2 Å². The summed E-state index contributed by atoms with van der Waals surface area (Å²) in [5, 5.41) is 6.44. The first-order chi connectivity index (χ1) is 12.5. The average molecular weight is 353 g/mol. The number of rotatable bonds is 7. The van der Waals surface area contributed by atoms with E-state index in [1.54, 1.807) is 37.6 Å². The molecule has 0 heterocycles. The molecule has 0 aromatic heterocycles. The van der Waals surface area contributed by atoms with Gasteiger partial charge in [0.1, 0.15) is 5.75 Å². The van der Waals surface area contributed by atoms with Gasteiger partial charge in [-0.15, -0.1) is 0 Å². The third-order valence-electron chi connectivity index (χ3n) is 3.77. The van der Waals surface area contributed by atoms with Crippen LogP contribution in [0.2, 0.25) is 0 Å². The number of hydrazone groups is 1. The summed E-state index contributed by atoms with van der Waals surface area (Å²) in [5.74, 6) is 0.392. The van der Waals surface area contributed by atoms with E-state index >= 15 is 0 Å². The third-order valence-corrected chi connectivity index (χ3v) is 3.77. The number of hydrogen-bond donors (Lipinski definition) is 2. The van der Waals surface area contributed by atoms with E-state index in [0.29, 0.717) is 17.2 Å². The molecule has 0 unspecified atom stereocenters. The summed E-state index contributed by atoms with van der Waals surface area (Å²) in [4.78, 5) is 23.7. The normalized spacial score (nSPS) is 10.8. The van der Waals surface area contributed by atoms with Crippen molar-refractivity contribution in [3.63, 3.8) is 0 Å². The molecule has 6 heteroatoms. The number of ether oxygens (including phenoxy) is 1. The molecule has 0 spiro atoms. The minimum atomic E-state index is -0.401. The Morgan fingerprint density at radius 3 is 2.31 bits per heavy atom. The Hall–Kier alpha value is -3.15. The summed E-state index contributed by atoms with van der Waals surface area (Å²) in [6.07, 6.45) is 1.56. The molecule has 2 N–H and O–H groups in total. The van der Waals surface area contributed by atoms with Gasteiger partial charge in [-0.05, 0) is 41.3 Å². The molecule has 2 rings (SSSR count). The van der Waals surface area contributed by atoms with E-state index in [9.17, 15) is 9.59 Å². The van der Waals surface area contributed by atoms with Gasteiger partial charge in [-0.2, -0.15) is 5.10 Å². The minimum absolute atomic E-state index is 0.158. The van der Waals surface area contributed by atoms with Crippen LogP contribution < -0.4 is 15.5 Å². The van der Waals surface area contributed by atoms with E-state index in [4.69, 9.17) is 4.74 Å². The van der Waals surface area contributed by atoms with Crippen LogP contribution in [0.4, 0.5) is 0 Å². The Morgan fingerprint density at radius 2 is 1.73 bits per heavy atom. The van der Waals surface area contributed by atoms with Crippen LogP contribution in [0.15, 0.2) is 53.6 Å². The van der Waals surface area contributed by atoms with Gasteiger partial charge in [-0.1, -0.05) is 38.1 Å². The zero-order valence-electron chi connectivity index (χ0n) is 15.2. The molecule has 0 radical (unpaired) electrons. The molecule has 6 nitrogen and oxygen atoms in total. The second-order valence-electron chi connectivity index (χ2n) is 6.03. The molecule has 0 aliphatic rings. The molecule has 0 fully saturated rings. The maximum Gasteiger partial charge on any atom is 0.259 e. The highest BCUT2D eigenvalue weighted by Gasteiger charge is 2.07. The van der Waals surface area contributed by atoms with Gasteiger partial charge in [0, 0.05) is 5.56 Å². The highest BCUT2D eigenvalue weighted by atomic mass is 16.5. The molecule has 2 aromatic rings. The lowest BCUT2D eigenvalue weighted by atomic mass is 10.0. The van der Waals surface area contributed by atoms with Crippen LogP contribution in [0.25, 0.3) is 0 Å². The summed E-state index contributed by atoms with van der Waals surface area (Å²) in [6.45, 7) is 4.10. The number of nitrogens with zero attached hydrogens (tertiary/aromatic N) is 1. The van der Waals surface area contributed by atoms with Crippen LogP contribution in [0.3, 0.4) is 0 Å². The van der Waals surface area contributed by atoms with E-state index in [2.05, 4.69) is 29.7 Å². The third kappa shape index (κ3) is 5.73. The summed E-state index contributed by atoms with van der Waals surface area (Å²) in [5.41, 5.74) is 4.97. The smallest absolute Gasteiger partial charge is 0.259 e. The van der Waals surface area contributed by atoms with Crippen molar-refractivity contribution in [1.82, 2.24) is 10.7 Å². The molecule has 2 aromatic carbocycles. The van der Waals surface area contributed by atoms with Crippen LogP contribution in [-0.2, 0) is 4.79 Å². The van der Waals surface area contributed by atoms with Crippen molar-refractivity contribution in [3.8, 4) is 5.75 Å². The second kappa shape index (κ2) is 9.36. The van der Waals surface area contributed by atoms with E-state index in [0.717, 1.165) is 5.56 Å². The van der Waals surface area contributed by atoms with Crippen LogP contribution >= 0.6 is 0 Å². The summed E-state index contributed by atoms with van der Waals surface area (Å²) in [7, 11) is 1.55. The van der Waals surface area contributed by atoms with Crippen molar-refractivity contribution >= 4 is 18.0 Å². The van der Waals surface area contributed by atoms with Gasteiger partial charge in [-0.3, -0.25) is 9.59 Å². The number of amides is 2.